The number of carbonyl (C=O) groups is 4. The van der Waals surface area contributed by atoms with Crippen molar-refractivity contribution in [3.8, 4) is 0 Å². The van der Waals surface area contributed by atoms with Crippen LogP contribution < -0.4 is 16.4 Å². The lowest BCUT2D eigenvalue weighted by atomic mass is 9.76. The highest BCUT2D eigenvalue weighted by Crippen LogP contribution is 2.41. The second-order valence-corrected chi connectivity index (χ2v) is 14.2. The van der Waals surface area contributed by atoms with Crippen molar-refractivity contribution in [3.63, 3.8) is 0 Å². The Morgan fingerprint density at radius 1 is 0.979 bits per heavy atom. The fourth-order valence-corrected chi connectivity index (χ4v) is 6.37. The van der Waals surface area contributed by atoms with Gasteiger partial charge in [0.05, 0.1) is 12.2 Å². The van der Waals surface area contributed by atoms with Gasteiger partial charge in [0.1, 0.15) is 0 Å². The van der Waals surface area contributed by atoms with Crippen LogP contribution in [0.2, 0.25) is 0 Å². The molecule has 0 saturated heterocycles. The third-order valence-corrected chi connectivity index (χ3v) is 9.78. The van der Waals surface area contributed by atoms with E-state index in [0.29, 0.717) is 24.8 Å². The van der Waals surface area contributed by atoms with Crippen molar-refractivity contribution < 1.29 is 33.5 Å². The normalized spacial score (nSPS) is 19.0. The number of Topliss-reactive ketones (excluding diaryl/α,β-unsaturated/α-hetero) is 2. The maximum absolute atomic E-state index is 14.5. The molecule has 0 saturated carbocycles. The molecule has 0 radical (unpaired) electrons. The Bertz CT molecular complexity index is 1600. The summed E-state index contributed by atoms with van der Waals surface area (Å²) in [7, 11) is -4.73. The molecule has 0 heterocycles. The fraction of sp³-hybridized carbons (Fsp3) is 0.405. The van der Waals surface area contributed by atoms with E-state index in [9.17, 15) is 33.5 Å². The van der Waals surface area contributed by atoms with Crippen LogP contribution in [-0.2, 0) is 36.7 Å². The zero-order valence-electron chi connectivity index (χ0n) is 28.1. The van der Waals surface area contributed by atoms with E-state index in [0.717, 1.165) is 17.6 Å². The molecule has 6 N–H and O–H groups in total. The average molecular weight is 678 g/mol. The summed E-state index contributed by atoms with van der Waals surface area (Å²) in [6.07, 6.45) is 8.63. The van der Waals surface area contributed by atoms with E-state index in [2.05, 4.69) is 10.6 Å². The van der Waals surface area contributed by atoms with Crippen molar-refractivity contribution >= 4 is 31.0 Å². The van der Waals surface area contributed by atoms with Gasteiger partial charge in [0.25, 0.3) is 5.91 Å². The Labute approximate surface area is 283 Å². The van der Waals surface area contributed by atoms with Crippen LogP contribution in [-0.4, -0.2) is 50.9 Å². The molecule has 0 fully saturated rings. The topological polar surface area (TPSA) is 176 Å². The number of ketones is 2. The van der Waals surface area contributed by atoms with Gasteiger partial charge in [-0.2, -0.15) is 0 Å². The maximum atomic E-state index is 14.5. The summed E-state index contributed by atoms with van der Waals surface area (Å²) in [6.45, 7) is 7.48. The van der Waals surface area contributed by atoms with Crippen molar-refractivity contribution in [1.29, 1.82) is 0 Å². The van der Waals surface area contributed by atoms with Crippen LogP contribution in [0.25, 0.3) is 0 Å². The zero-order valence-corrected chi connectivity index (χ0v) is 29.0. The first-order valence-corrected chi connectivity index (χ1v) is 18.2. The number of hydrogen-bond donors (Lipinski definition) is 5. The molecular weight excluding hydrogens is 629 g/mol. The van der Waals surface area contributed by atoms with Crippen LogP contribution in [0.5, 0.6) is 0 Å². The van der Waals surface area contributed by atoms with Gasteiger partial charge in [-0.05, 0) is 36.3 Å². The second kappa shape index (κ2) is 16.9. The molecule has 0 aromatic heterocycles. The number of allylic oxidation sites excluding steroid dienone is 5. The molecule has 2 aromatic rings. The third-order valence-electron chi connectivity index (χ3n) is 9.02. The van der Waals surface area contributed by atoms with Gasteiger partial charge in [-0.1, -0.05) is 125 Å². The zero-order chi connectivity index (χ0) is 35.5. The number of rotatable bonds is 17. The van der Waals surface area contributed by atoms with E-state index in [1.807, 2.05) is 38.1 Å². The number of nitrogens with one attached hydrogen (secondary N) is 2. The summed E-state index contributed by atoms with van der Waals surface area (Å²) in [5, 5.41) is 5.24. The molecule has 1 aliphatic rings. The molecular formula is C37H48N3O7P. The van der Waals surface area contributed by atoms with Crippen molar-refractivity contribution in [2.45, 2.75) is 77.9 Å². The number of benzene rings is 2. The summed E-state index contributed by atoms with van der Waals surface area (Å²) in [5.74, 6) is -4.48. The third kappa shape index (κ3) is 10.3. The first kappa shape index (κ1) is 38.5. The monoisotopic (exact) mass is 677 g/mol. The molecule has 0 aliphatic heterocycles. The molecule has 48 heavy (non-hydrogen) atoms. The predicted molar refractivity (Wildman–Crippen MR) is 187 cm³/mol. The molecule has 0 bridgehead atoms. The van der Waals surface area contributed by atoms with Crippen LogP contribution in [0, 0.1) is 11.3 Å². The summed E-state index contributed by atoms with van der Waals surface area (Å²) in [5.41, 5.74) is 5.85. The van der Waals surface area contributed by atoms with E-state index >= 15 is 0 Å². The molecule has 0 spiro atoms. The van der Waals surface area contributed by atoms with Gasteiger partial charge >= 0.3 is 7.60 Å². The van der Waals surface area contributed by atoms with Gasteiger partial charge in [0.15, 0.2) is 11.3 Å². The smallest absolute Gasteiger partial charge is 0.330 e. The van der Waals surface area contributed by atoms with Crippen LogP contribution in [0.1, 0.15) is 64.5 Å². The van der Waals surface area contributed by atoms with E-state index in [1.165, 1.54) is 0 Å². The first-order valence-electron chi connectivity index (χ1n) is 16.4. The molecule has 1 unspecified atom stereocenters. The minimum absolute atomic E-state index is 0.0334. The molecule has 4 atom stereocenters. The second-order valence-electron chi connectivity index (χ2n) is 12.6. The summed E-state index contributed by atoms with van der Waals surface area (Å²) in [6, 6.07) is 16.2. The number of nitrogens with two attached hydrogens (primary N) is 1. The largest absolute Gasteiger partial charge is 0.345 e. The molecule has 3 rings (SSSR count). The molecule has 1 aliphatic carbocycles. The summed E-state index contributed by atoms with van der Waals surface area (Å²) < 4.78 is 12.2. The molecule has 10 nitrogen and oxygen atoms in total. The standard InChI is InChI=1S/C37H48N3O7P/c1-5-26(4)31(40-34(43)30(25-48(45,46)47)23-36(7-3)20-18-27(6-2)19-21-36)32(41)37(38,22-28-14-10-8-11-15-28)33(42)35(44)39-24-29-16-12-9-13-17-29/h8-20,23,26,31H,5-7,21-22,24-25,38H2,1-4H3,(H,39,44)(H,40,43)(H2,45,46,47)/t26-,31-,36?,37-/m0/s1. The number of carbonyl (C=O) groups excluding carboxylic acids is 4. The highest BCUT2D eigenvalue weighted by Gasteiger charge is 2.49. The van der Waals surface area contributed by atoms with Gasteiger partial charge in [-0.15, -0.1) is 0 Å². The highest BCUT2D eigenvalue weighted by molar-refractivity contribution is 7.52. The molecule has 258 valence electrons. The molecule has 2 amide bonds. The van der Waals surface area contributed by atoms with Crippen molar-refractivity contribution in [2.75, 3.05) is 6.16 Å². The number of hydrogen-bond acceptors (Lipinski definition) is 6. The Balaban J connectivity index is 2.01. The first-order chi connectivity index (χ1) is 22.7. The minimum atomic E-state index is -4.73. The highest BCUT2D eigenvalue weighted by atomic mass is 31.2. The fourth-order valence-electron chi connectivity index (χ4n) is 5.69. The van der Waals surface area contributed by atoms with Crippen molar-refractivity contribution in [3.05, 3.63) is 107 Å². The van der Waals surface area contributed by atoms with Gasteiger partial charge in [0.2, 0.25) is 11.7 Å². The van der Waals surface area contributed by atoms with Gasteiger partial charge in [-0.25, -0.2) is 0 Å². The average Bonchev–Trinajstić information content (AvgIpc) is 3.08. The Morgan fingerprint density at radius 3 is 2.08 bits per heavy atom. The Hall–Kier alpha value is -3.95. The van der Waals surface area contributed by atoms with Gasteiger partial charge < -0.3 is 26.2 Å². The molecule has 2 aromatic carbocycles. The van der Waals surface area contributed by atoms with Crippen LogP contribution in [0.15, 0.2) is 96.1 Å². The van der Waals surface area contributed by atoms with Gasteiger partial charge in [0, 0.05) is 24.0 Å². The summed E-state index contributed by atoms with van der Waals surface area (Å²) in [4.78, 5) is 75.4. The van der Waals surface area contributed by atoms with Crippen molar-refractivity contribution in [2.24, 2.45) is 17.1 Å². The van der Waals surface area contributed by atoms with Crippen LogP contribution in [0.4, 0.5) is 0 Å². The minimum Gasteiger partial charge on any atom is -0.345 e. The Morgan fingerprint density at radius 2 is 1.58 bits per heavy atom. The summed E-state index contributed by atoms with van der Waals surface area (Å²) >= 11 is 0. The van der Waals surface area contributed by atoms with Crippen molar-refractivity contribution in [1.82, 2.24) is 10.6 Å². The van der Waals surface area contributed by atoms with Crippen LogP contribution >= 0.6 is 7.60 Å². The van der Waals surface area contributed by atoms with E-state index in [1.54, 1.807) is 74.5 Å². The quantitative estimate of drug-likeness (QED) is 0.0692. The lowest BCUT2D eigenvalue weighted by Gasteiger charge is -2.34. The van der Waals surface area contributed by atoms with E-state index < -0.39 is 60.1 Å². The van der Waals surface area contributed by atoms with Gasteiger partial charge in [-0.3, -0.25) is 23.7 Å². The SMILES string of the molecule is CCC1=CCC(C=C(CP(=O)(O)O)C(=O)N[C@H](C(=O)[C@@](N)(Cc2ccccc2)C(=O)C(=O)NCc2ccccc2)[C@@H](C)CC)(CC)C=C1. The predicted octanol–water partition coefficient (Wildman–Crippen LogP) is 4.71. The lowest BCUT2D eigenvalue weighted by molar-refractivity contribution is -0.146. The van der Waals surface area contributed by atoms with E-state index in [-0.39, 0.29) is 18.5 Å². The van der Waals surface area contributed by atoms with Crippen LogP contribution in [0.3, 0.4) is 0 Å². The van der Waals surface area contributed by atoms with E-state index in [4.69, 9.17) is 5.73 Å². The number of amides is 2. The Kier molecular flexibility index (Phi) is 13.6. The maximum Gasteiger partial charge on any atom is 0.330 e. The lowest BCUT2D eigenvalue weighted by Crippen LogP contribution is -2.66. The molecule has 11 heteroatoms.